The third kappa shape index (κ3) is 3.58. The van der Waals surface area contributed by atoms with E-state index in [1.165, 1.54) is 6.07 Å². The van der Waals surface area contributed by atoms with Crippen LogP contribution in [0, 0.1) is 30.6 Å². The summed E-state index contributed by atoms with van der Waals surface area (Å²) >= 11 is 7.36. The zero-order valence-corrected chi connectivity index (χ0v) is 20.9. The van der Waals surface area contributed by atoms with E-state index in [2.05, 4.69) is 31.9 Å². The van der Waals surface area contributed by atoms with E-state index < -0.39 is 12.6 Å². The maximum atomic E-state index is 13.4. The Bertz CT molecular complexity index is 1130. The Morgan fingerprint density at radius 2 is 1.52 bits per heavy atom. The molecular formula is C25H21Br2NO5. The first kappa shape index (κ1) is 22.5. The van der Waals surface area contributed by atoms with Crippen molar-refractivity contribution in [2.45, 2.75) is 23.0 Å². The molecular weight excluding hydrogens is 554 g/mol. The monoisotopic (exact) mass is 573 g/mol. The number of esters is 1. The number of anilines is 1. The van der Waals surface area contributed by atoms with Crippen LogP contribution in [0.25, 0.3) is 0 Å². The predicted octanol–water partition coefficient (Wildman–Crippen LogP) is 4.32. The predicted molar refractivity (Wildman–Crippen MR) is 129 cm³/mol. The van der Waals surface area contributed by atoms with Gasteiger partial charge in [-0.1, -0.05) is 73.8 Å². The van der Waals surface area contributed by atoms with Crippen molar-refractivity contribution >= 4 is 61.1 Å². The smallest absolute Gasteiger partial charge is 0.340 e. The zero-order valence-electron chi connectivity index (χ0n) is 17.7. The summed E-state index contributed by atoms with van der Waals surface area (Å²) in [5.41, 5.74) is 1.77. The van der Waals surface area contributed by atoms with Gasteiger partial charge in [-0.2, -0.15) is 0 Å². The molecule has 2 saturated carbocycles. The number of ketones is 1. The maximum absolute atomic E-state index is 13.4. The van der Waals surface area contributed by atoms with Crippen molar-refractivity contribution in [1.29, 1.82) is 0 Å². The molecule has 0 spiro atoms. The molecule has 33 heavy (non-hydrogen) atoms. The second kappa shape index (κ2) is 8.47. The third-order valence-corrected chi connectivity index (χ3v) is 10.3. The number of carbonyl (C=O) groups excluding carboxylic acids is 4. The fourth-order valence-corrected chi connectivity index (χ4v) is 7.33. The minimum Gasteiger partial charge on any atom is -0.454 e. The number of hydrogen-bond donors (Lipinski definition) is 0. The number of fused-ring (bicyclic) bond motifs is 5. The molecule has 170 valence electrons. The van der Waals surface area contributed by atoms with Crippen molar-refractivity contribution in [2.24, 2.45) is 23.7 Å². The molecule has 0 aromatic heterocycles. The van der Waals surface area contributed by atoms with Crippen molar-refractivity contribution in [3.05, 3.63) is 65.2 Å². The Morgan fingerprint density at radius 1 is 0.939 bits per heavy atom. The molecule has 0 radical (unpaired) electrons. The number of halogens is 2. The number of hydrogen-bond acceptors (Lipinski definition) is 5. The molecule has 2 aliphatic carbocycles. The largest absolute Gasteiger partial charge is 0.454 e. The lowest BCUT2D eigenvalue weighted by molar-refractivity contribution is -0.123. The van der Waals surface area contributed by atoms with Gasteiger partial charge in [0.1, 0.15) is 0 Å². The van der Waals surface area contributed by atoms with Crippen molar-refractivity contribution < 1.29 is 23.9 Å². The van der Waals surface area contributed by atoms with Gasteiger partial charge in [-0.25, -0.2) is 9.69 Å². The quantitative estimate of drug-likeness (QED) is 0.230. The van der Waals surface area contributed by atoms with E-state index in [1.54, 1.807) is 30.3 Å². The molecule has 1 aliphatic heterocycles. The second-order valence-corrected chi connectivity index (χ2v) is 11.0. The van der Waals surface area contributed by atoms with Crippen LogP contribution in [0.5, 0.6) is 0 Å². The Labute approximate surface area is 207 Å². The van der Waals surface area contributed by atoms with Gasteiger partial charge < -0.3 is 4.74 Å². The number of nitrogens with zero attached hydrogens (tertiary/aromatic N) is 1. The van der Waals surface area contributed by atoms with Crippen LogP contribution in [0.15, 0.2) is 48.5 Å². The van der Waals surface area contributed by atoms with Crippen molar-refractivity contribution in [1.82, 2.24) is 0 Å². The number of carbonyl (C=O) groups is 4. The molecule has 3 fully saturated rings. The highest BCUT2D eigenvalue weighted by molar-refractivity contribution is 9.12. The fraction of sp³-hybridized carbons (Fsp3) is 0.360. The van der Waals surface area contributed by atoms with Gasteiger partial charge in [0, 0.05) is 15.2 Å². The summed E-state index contributed by atoms with van der Waals surface area (Å²) in [5.74, 6) is -2.21. The molecule has 2 amide bonds. The summed E-state index contributed by atoms with van der Waals surface area (Å²) in [6.45, 7) is 1.49. The summed E-state index contributed by atoms with van der Waals surface area (Å²) in [6, 6.07) is 13.4. The molecule has 6 atom stereocenters. The highest BCUT2D eigenvalue weighted by Gasteiger charge is 2.66. The van der Waals surface area contributed by atoms with E-state index in [0.29, 0.717) is 5.56 Å². The van der Waals surface area contributed by atoms with E-state index in [4.69, 9.17) is 4.74 Å². The Morgan fingerprint density at radius 3 is 2.12 bits per heavy atom. The number of para-hydroxylation sites is 1. The molecule has 5 rings (SSSR count). The molecule has 8 heteroatoms. The molecule has 1 heterocycles. The molecule has 2 aromatic rings. The second-order valence-electron chi connectivity index (χ2n) is 8.90. The van der Waals surface area contributed by atoms with Crippen molar-refractivity contribution in [2.75, 3.05) is 11.5 Å². The average molecular weight is 575 g/mol. The van der Waals surface area contributed by atoms with Crippen LogP contribution in [0.3, 0.4) is 0 Å². The molecule has 2 bridgehead atoms. The van der Waals surface area contributed by atoms with Crippen LogP contribution in [-0.4, -0.2) is 39.8 Å². The number of Topliss-reactive ketones (excluding diaryl/α,β-unsaturated/α-hetero) is 1. The summed E-state index contributed by atoms with van der Waals surface area (Å²) < 4.78 is 5.28. The van der Waals surface area contributed by atoms with Crippen LogP contribution < -0.4 is 4.90 Å². The molecule has 0 N–H and O–H groups in total. The lowest BCUT2D eigenvalue weighted by Crippen LogP contribution is -2.37. The first-order valence-electron chi connectivity index (χ1n) is 10.8. The number of imide groups is 1. The number of alkyl halides is 2. The van der Waals surface area contributed by atoms with E-state index in [-0.39, 0.29) is 62.2 Å². The minimum atomic E-state index is -0.747. The Hall–Kier alpha value is -2.32. The average Bonchev–Trinajstić information content (AvgIpc) is 3.42. The van der Waals surface area contributed by atoms with Gasteiger partial charge in [-0.05, 0) is 37.3 Å². The van der Waals surface area contributed by atoms with E-state index in [1.807, 2.05) is 19.1 Å². The number of amides is 2. The first-order chi connectivity index (χ1) is 15.8. The molecule has 6 nitrogen and oxygen atoms in total. The summed E-state index contributed by atoms with van der Waals surface area (Å²) in [7, 11) is 0. The minimum absolute atomic E-state index is 0.0806. The van der Waals surface area contributed by atoms with E-state index in [9.17, 15) is 19.2 Å². The summed E-state index contributed by atoms with van der Waals surface area (Å²) in [6.07, 6.45) is 0.831. The molecule has 1 saturated heterocycles. The summed E-state index contributed by atoms with van der Waals surface area (Å²) in [4.78, 5) is 53.4. The summed E-state index contributed by atoms with van der Waals surface area (Å²) in [5, 5.41) is 0. The standard InChI is InChI=1S/C25H21Br2NO5/c1-12-6-8-13(9-7-12)18(29)11-33-25(32)14-4-2-3-5-17(14)28-23(30)19-15-10-16(20(19)24(28)31)22(27)21(15)26/h2-9,15-16,19-22H,10-11H2,1H3/t15-,16-,19-,20+,21-,22+/m0/s1. The highest BCUT2D eigenvalue weighted by Crippen LogP contribution is 2.60. The highest BCUT2D eigenvalue weighted by atomic mass is 79.9. The van der Waals surface area contributed by atoms with Crippen LogP contribution >= 0.6 is 31.9 Å². The zero-order chi connectivity index (χ0) is 23.4. The number of rotatable bonds is 5. The van der Waals surface area contributed by atoms with Gasteiger partial charge in [0.2, 0.25) is 11.8 Å². The van der Waals surface area contributed by atoms with Crippen LogP contribution in [0.2, 0.25) is 0 Å². The van der Waals surface area contributed by atoms with Crippen LogP contribution in [0.1, 0.15) is 32.7 Å². The third-order valence-electron chi connectivity index (χ3n) is 7.06. The Kier molecular flexibility index (Phi) is 5.77. The number of ether oxygens (including phenoxy) is 1. The molecule has 2 aromatic carbocycles. The van der Waals surface area contributed by atoms with Gasteiger partial charge in [0.15, 0.2) is 12.4 Å². The van der Waals surface area contributed by atoms with Gasteiger partial charge in [0.05, 0.1) is 23.1 Å². The van der Waals surface area contributed by atoms with Gasteiger partial charge in [-0.3, -0.25) is 14.4 Å². The van der Waals surface area contributed by atoms with Crippen molar-refractivity contribution in [3.63, 3.8) is 0 Å². The Balaban J connectivity index is 1.37. The maximum Gasteiger partial charge on any atom is 0.340 e. The number of aryl methyl sites for hydroxylation is 1. The molecule has 3 aliphatic rings. The van der Waals surface area contributed by atoms with E-state index in [0.717, 1.165) is 16.9 Å². The normalized spacial score (nSPS) is 30.0. The lowest BCUT2D eigenvalue weighted by Gasteiger charge is -2.28. The molecule has 0 unspecified atom stereocenters. The van der Waals surface area contributed by atoms with Crippen LogP contribution in [0.4, 0.5) is 5.69 Å². The van der Waals surface area contributed by atoms with E-state index >= 15 is 0 Å². The lowest BCUT2D eigenvalue weighted by atomic mass is 9.81. The van der Waals surface area contributed by atoms with Crippen molar-refractivity contribution in [3.8, 4) is 0 Å². The first-order valence-corrected chi connectivity index (χ1v) is 12.6. The van der Waals surface area contributed by atoms with Gasteiger partial charge in [0.25, 0.3) is 0 Å². The fourth-order valence-electron chi connectivity index (χ4n) is 5.46. The van der Waals surface area contributed by atoms with Gasteiger partial charge in [-0.15, -0.1) is 0 Å². The topological polar surface area (TPSA) is 80.8 Å². The number of benzene rings is 2. The van der Waals surface area contributed by atoms with Gasteiger partial charge >= 0.3 is 5.97 Å². The van der Waals surface area contributed by atoms with Crippen LogP contribution in [-0.2, 0) is 14.3 Å². The SMILES string of the molecule is Cc1ccc(C(=O)COC(=O)c2ccccc2N2C(=O)[C@@H]3[C@@H]4C[C@H]([C@H](Br)[C@@H]4Br)[C@@H]3C2=O)cc1.